The first-order valence-electron chi connectivity index (χ1n) is 7.07. The fraction of sp³-hybridized carbons (Fsp3) is 0.235. The van der Waals surface area contributed by atoms with E-state index in [1.807, 2.05) is 24.3 Å². The zero-order valence-corrected chi connectivity index (χ0v) is 11.7. The third-order valence-electron chi connectivity index (χ3n) is 3.58. The van der Waals surface area contributed by atoms with Gasteiger partial charge in [-0.25, -0.2) is 4.98 Å². The van der Waals surface area contributed by atoms with Crippen molar-refractivity contribution in [2.75, 3.05) is 5.73 Å². The summed E-state index contributed by atoms with van der Waals surface area (Å²) in [7, 11) is 0. The molecular weight excluding hydrogens is 246 g/mol. The minimum Gasteiger partial charge on any atom is -0.398 e. The van der Waals surface area contributed by atoms with Crippen molar-refractivity contribution >= 4 is 16.7 Å². The van der Waals surface area contributed by atoms with Crippen LogP contribution < -0.4 is 5.73 Å². The maximum atomic E-state index is 6.05. The minimum atomic E-state index is 0.779. The molecule has 0 bridgehead atoms. The predicted octanol–water partition coefficient (Wildman–Crippen LogP) is 3.62. The van der Waals surface area contributed by atoms with Gasteiger partial charge >= 0.3 is 0 Å². The summed E-state index contributed by atoms with van der Waals surface area (Å²) in [5, 5.41) is 0. The van der Waals surface area contributed by atoms with Crippen LogP contribution in [-0.2, 0) is 13.0 Å². The molecule has 1 heterocycles. The van der Waals surface area contributed by atoms with Gasteiger partial charge in [0.2, 0.25) is 0 Å². The van der Waals surface area contributed by atoms with Crippen molar-refractivity contribution in [3.8, 4) is 0 Å². The highest BCUT2D eigenvalue weighted by molar-refractivity contribution is 5.76. The molecule has 0 fully saturated rings. The first-order chi connectivity index (χ1) is 9.79. The molecular formula is C17H19N3. The lowest BCUT2D eigenvalue weighted by atomic mass is 10.1. The number of nitrogen functional groups attached to an aromatic ring is 1. The normalized spacial score (nSPS) is 11.1. The number of benzene rings is 2. The molecule has 0 radical (unpaired) electrons. The quantitative estimate of drug-likeness (QED) is 0.732. The molecule has 1 aromatic heterocycles. The van der Waals surface area contributed by atoms with Gasteiger partial charge in [0.1, 0.15) is 5.82 Å². The number of rotatable bonds is 4. The SMILES string of the molecule is CCCn1c(Cc2ccccc2N)nc2ccccc21. The topological polar surface area (TPSA) is 43.8 Å². The van der Waals surface area contributed by atoms with Gasteiger partial charge in [0.05, 0.1) is 11.0 Å². The summed E-state index contributed by atoms with van der Waals surface area (Å²) >= 11 is 0. The number of aryl methyl sites for hydroxylation is 1. The van der Waals surface area contributed by atoms with Gasteiger partial charge in [-0.1, -0.05) is 37.3 Å². The van der Waals surface area contributed by atoms with E-state index in [1.54, 1.807) is 0 Å². The largest absolute Gasteiger partial charge is 0.398 e. The number of fused-ring (bicyclic) bond motifs is 1. The number of nitrogens with two attached hydrogens (primary N) is 1. The number of hydrogen-bond donors (Lipinski definition) is 1. The molecule has 0 atom stereocenters. The van der Waals surface area contributed by atoms with Gasteiger partial charge in [0.25, 0.3) is 0 Å². The molecule has 20 heavy (non-hydrogen) atoms. The Morgan fingerprint density at radius 2 is 1.80 bits per heavy atom. The molecule has 0 unspecified atom stereocenters. The smallest absolute Gasteiger partial charge is 0.114 e. The lowest BCUT2D eigenvalue weighted by Crippen LogP contribution is -2.05. The van der Waals surface area contributed by atoms with Gasteiger partial charge in [-0.2, -0.15) is 0 Å². The molecule has 0 spiro atoms. The van der Waals surface area contributed by atoms with E-state index in [0.717, 1.165) is 42.0 Å². The van der Waals surface area contributed by atoms with E-state index < -0.39 is 0 Å². The van der Waals surface area contributed by atoms with Gasteiger partial charge in [-0.05, 0) is 30.2 Å². The zero-order valence-electron chi connectivity index (χ0n) is 11.7. The second-order valence-electron chi connectivity index (χ2n) is 5.04. The van der Waals surface area contributed by atoms with Crippen LogP contribution in [0, 0.1) is 0 Å². The summed E-state index contributed by atoms with van der Waals surface area (Å²) in [5.41, 5.74) is 10.3. The third kappa shape index (κ3) is 2.27. The van der Waals surface area contributed by atoms with Crippen molar-refractivity contribution in [1.29, 1.82) is 0 Å². The average molecular weight is 265 g/mol. The van der Waals surface area contributed by atoms with E-state index in [9.17, 15) is 0 Å². The van der Waals surface area contributed by atoms with Crippen LogP contribution in [0.4, 0.5) is 5.69 Å². The van der Waals surface area contributed by atoms with Crippen LogP contribution >= 0.6 is 0 Å². The standard InChI is InChI=1S/C17H19N3/c1-2-11-20-16-10-6-5-9-15(16)19-17(20)12-13-7-3-4-8-14(13)18/h3-10H,2,11-12,18H2,1H3. The monoisotopic (exact) mass is 265 g/mol. The number of aromatic nitrogens is 2. The summed E-state index contributed by atoms with van der Waals surface area (Å²) < 4.78 is 2.31. The number of hydrogen-bond acceptors (Lipinski definition) is 2. The fourth-order valence-electron chi connectivity index (χ4n) is 2.60. The van der Waals surface area contributed by atoms with Crippen LogP contribution in [0.3, 0.4) is 0 Å². The van der Waals surface area contributed by atoms with E-state index in [1.165, 1.54) is 5.52 Å². The molecule has 3 aromatic rings. The van der Waals surface area contributed by atoms with E-state index in [0.29, 0.717) is 0 Å². The average Bonchev–Trinajstić information content (AvgIpc) is 2.80. The van der Waals surface area contributed by atoms with Crippen LogP contribution in [0.15, 0.2) is 48.5 Å². The predicted molar refractivity (Wildman–Crippen MR) is 83.7 cm³/mol. The third-order valence-corrected chi connectivity index (χ3v) is 3.58. The highest BCUT2D eigenvalue weighted by Crippen LogP contribution is 2.21. The maximum absolute atomic E-state index is 6.05. The minimum absolute atomic E-state index is 0.779. The van der Waals surface area contributed by atoms with Gasteiger partial charge in [0.15, 0.2) is 0 Å². The maximum Gasteiger partial charge on any atom is 0.114 e. The Kier molecular flexibility index (Phi) is 3.42. The second-order valence-corrected chi connectivity index (χ2v) is 5.04. The van der Waals surface area contributed by atoms with Crippen molar-refractivity contribution in [2.45, 2.75) is 26.3 Å². The van der Waals surface area contributed by atoms with Crippen molar-refractivity contribution in [3.05, 3.63) is 59.9 Å². The van der Waals surface area contributed by atoms with Gasteiger partial charge < -0.3 is 10.3 Å². The molecule has 2 N–H and O–H groups in total. The Morgan fingerprint density at radius 1 is 1.05 bits per heavy atom. The van der Waals surface area contributed by atoms with E-state index in [-0.39, 0.29) is 0 Å². The van der Waals surface area contributed by atoms with Crippen molar-refractivity contribution in [1.82, 2.24) is 9.55 Å². The number of nitrogens with zero attached hydrogens (tertiary/aromatic N) is 2. The molecule has 3 nitrogen and oxygen atoms in total. The fourth-order valence-corrected chi connectivity index (χ4v) is 2.60. The zero-order chi connectivity index (χ0) is 13.9. The molecule has 3 heteroatoms. The lowest BCUT2D eigenvalue weighted by Gasteiger charge is -2.09. The van der Waals surface area contributed by atoms with Gasteiger partial charge in [-0.3, -0.25) is 0 Å². The van der Waals surface area contributed by atoms with Gasteiger partial charge in [0, 0.05) is 18.7 Å². The molecule has 102 valence electrons. The molecule has 3 rings (SSSR count). The van der Waals surface area contributed by atoms with Crippen LogP contribution in [-0.4, -0.2) is 9.55 Å². The Bertz CT molecular complexity index is 728. The van der Waals surface area contributed by atoms with Crippen molar-refractivity contribution in [2.24, 2.45) is 0 Å². The summed E-state index contributed by atoms with van der Waals surface area (Å²) in [5.74, 6) is 1.09. The molecule has 2 aromatic carbocycles. The van der Waals surface area contributed by atoms with Crippen LogP contribution in [0.2, 0.25) is 0 Å². The van der Waals surface area contributed by atoms with Crippen LogP contribution in [0.5, 0.6) is 0 Å². The molecule has 0 aliphatic carbocycles. The Balaban J connectivity index is 2.06. The molecule has 0 aliphatic rings. The first kappa shape index (κ1) is 12.7. The molecule has 0 saturated carbocycles. The number of imidazole rings is 1. The Hall–Kier alpha value is -2.29. The first-order valence-corrected chi connectivity index (χ1v) is 7.07. The summed E-state index contributed by atoms with van der Waals surface area (Å²) in [6, 6.07) is 16.3. The molecule has 0 saturated heterocycles. The van der Waals surface area contributed by atoms with E-state index in [2.05, 4.69) is 35.8 Å². The summed E-state index contributed by atoms with van der Waals surface area (Å²) in [4.78, 5) is 4.78. The molecule has 0 amide bonds. The number of para-hydroxylation sites is 3. The Labute approximate surface area is 119 Å². The van der Waals surface area contributed by atoms with Gasteiger partial charge in [-0.15, -0.1) is 0 Å². The summed E-state index contributed by atoms with van der Waals surface area (Å²) in [6.07, 6.45) is 1.87. The van der Waals surface area contributed by atoms with Crippen molar-refractivity contribution in [3.63, 3.8) is 0 Å². The Morgan fingerprint density at radius 3 is 2.60 bits per heavy atom. The number of anilines is 1. The van der Waals surface area contributed by atoms with Crippen LogP contribution in [0.25, 0.3) is 11.0 Å². The van der Waals surface area contributed by atoms with E-state index in [4.69, 9.17) is 10.7 Å². The second kappa shape index (κ2) is 5.37. The highest BCUT2D eigenvalue weighted by Gasteiger charge is 2.11. The van der Waals surface area contributed by atoms with Crippen molar-refractivity contribution < 1.29 is 0 Å². The van der Waals surface area contributed by atoms with E-state index >= 15 is 0 Å². The highest BCUT2D eigenvalue weighted by atomic mass is 15.1. The van der Waals surface area contributed by atoms with Crippen LogP contribution in [0.1, 0.15) is 24.7 Å². The molecule has 0 aliphatic heterocycles. The lowest BCUT2D eigenvalue weighted by molar-refractivity contribution is 0.664. The summed E-state index contributed by atoms with van der Waals surface area (Å²) in [6.45, 7) is 3.18.